The molecule has 4 nitrogen and oxygen atoms in total. The molecule has 0 fully saturated rings. The molecule has 1 aromatic rings. The smallest absolute Gasteiger partial charge is 0.240 e. The molecular formula is C12H19NO3S. The third-order valence-corrected chi connectivity index (χ3v) is 4.07. The molecule has 0 bridgehead atoms. The third-order valence-electron chi connectivity index (χ3n) is 2.58. The molecule has 1 atom stereocenters. The summed E-state index contributed by atoms with van der Waals surface area (Å²) in [6.45, 7) is 5.40. The Balaban J connectivity index is 2.95. The van der Waals surface area contributed by atoms with Gasteiger partial charge in [0.15, 0.2) is 0 Å². The van der Waals surface area contributed by atoms with Gasteiger partial charge in [-0.1, -0.05) is 39.0 Å². The van der Waals surface area contributed by atoms with Crippen molar-refractivity contribution in [2.45, 2.75) is 31.7 Å². The van der Waals surface area contributed by atoms with Crippen LogP contribution in [0.15, 0.2) is 35.2 Å². The monoisotopic (exact) mass is 257 g/mol. The van der Waals surface area contributed by atoms with Crippen LogP contribution in [0, 0.1) is 5.41 Å². The molecule has 0 radical (unpaired) electrons. The van der Waals surface area contributed by atoms with E-state index in [0.29, 0.717) is 0 Å². The lowest BCUT2D eigenvalue weighted by atomic mass is 9.88. The largest absolute Gasteiger partial charge is 0.395 e. The maximum absolute atomic E-state index is 12.0. The molecule has 0 spiro atoms. The van der Waals surface area contributed by atoms with Crippen molar-refractivity contribution in [3.8, 4) is 0 Å². The minimum Gasteiger partial charge on any atom is -0.395 e. The van der Waals surface area contributed by atoms with Gasteiger partial charge in [-0.05, 0) is 17.5 Å². The molecule has 17 heavy (non-hydrogen) atoms. The number of aliphatic hydroxyl groups excluding tert-OH is 1. The lowest BCUT2D eigenvalue weighted by Gasteiger charge is -2.29. The van der Waals surface area contributed by atoms with Crippen molar-refractivity contribution in [1.29, 1.82) is 0 Å². The third kappa shape index (κ3) is 3.80. The molecule has 1 aromatic carbocycles. The topological polar surface area (TPSA) is 66.4 Å². The molecule has 0 saturated carbocycles. The Morgan fingerprint density at radius 2 is 1.76 bits per heavy atom. The van der Waals surface area contributed by atoms with Crippen LogP contribution in [0.3, 0.4) is 0 Å². The minimum absolute atomic E-state index is 0.211. The molecule has 0 aliphatic heterocycles. The maximum atomic E-state index is 12.0. The van der Waals surface area contributed by atoms with E-state index in [-0.39, 0.29) is 16.9 Å². The second-order valence-corrected chi connectivity index (χ2v) is 6.75. The highest BCUT2D eigenvalue weighted by Gasteiger charge is 2.28. The Morgan fingerprint density at radius 3 is 2.18 bits per heavy atom. The zero-order valence-electron chi connectivity index (χ0n) is 10.3. The van der Waals surface area contributed by atoms with Crippen molar-refractivity contribution in [3.63, 3.8) is 0 Å². The average Bonchev–Trinajstić information content (AvgIpc) is 2.25. The summed E-state index contributed by atoms with van der Waals surface area (Å²) in [5, 5.41) is 9.24. The van der Waals surface area contributed by atoms with Crippen LogP contribution in [0.25, 0.3) is 0 Å². The van der Waals surface area contributed by atoms with Crippen molar-refractivity contribution >= 4 is 10.0 Å². The van der Waals surface area contributed by atoms with Crippen LogP contribution in [0.5, 0.6) is 0 Å². The summed E-state index contributed by atoms with van der Waals surface area (Å²) < 4.78 is 26.6. The summed E-state index contributed by atoms with van der Waals surface area (Å²) in [4.78, 5) is 0.211. The summed E-state index contributed by atoms with van der Waals surface area (Å²) in [7, 11) is -3.56. The predicted octanol–water partition coefficient (Wildman–Crippen LogP) is 1.37. The number of rotatable bonds is 4. The van der Waals surface area contributed by atoms with Crippen LogP contribution < -0.4 is 4.72 Å². The molecule has 0 heterocycles. The summed E-state index contributed by atoms with van der Waals surface area (Å²) in [6.07, 6.45) is 0. The number of benzene rings is 1. The zero-order chi connectivity index (χ0) is 13.1. The van der Waals surface area contributed by atoms with Gasteiger partial charge in [0.1, 0.15) is 0 Å². The molecule has 0 aliphatic rings. The van der Waals surface area contributed by atoms with Crippen molar-refractivity contribution in [2.24, 2.45) is 5.41 Å². The molecule has 0 unspecified atom stereocenters. The lowest BCUT2D eigenvalue weighted by Crippen LogP contribution is -2.46. The van der Waals surface area contributed by atoms with Gasteiger partial charge in [-0.25, -0.2) is 13.1 Å². The van der Waals surface area contributed by atoms with Crippen molar-refractivity contribution < 1.29 is 13.5 Å². The fraction of sp³-hybridized carbons (Fsp3) is 0.500. The van der Waals surface area contributed by atoms with Crippen LogP contribution in [-0.2, 0) is 10.0 Å². The summed E-state index contributed by atoms with van der Waals surface area (Å²) in [5.74, 6) is 0. The highest BCUT2D eigenvalue weighted by molar-refractivity contribution is 7.89. The van der Waals surface area contributed by atoms with Gasteiger partial charge in [0.25, 0.3) is 0 Å². The summed E-state index contributed by atoms with van der Waals surface area (Å²) in [5.41, 5.74) is -0.337. The van der Waals surface area contributed by atoms with Crippen LogP contribution in [-0.4, -0.2) is 26.2 Å². The van der Waals surface area contributed by atoms with Gasteiger partial charge >= 0.3 is 0 Å². The first-order chi connectivity index (χ1) is 7.77. The van der Waals surface area contributed by atoms with Gasteiger partial charge < -0.3 is 5.11 Å². The first-order valence-electron chi connectivity index (χ1n) is 5.45. The molecule has 0 aliphatic carbocycles. The van der Waals surface area contributed by atoms with E-state index in [0.717, 1.165) is 0 Å². The van der Waals surface area contributed by atoms with Gasteiger partial charge in [0, 0.05) is 6.04 Å². The van der Waals surface area contributed by atoms with Gasteiger partial charge in [-0.3, -0.25) is 0 Å². The van der Waals surface area contributed by atoms with E-state index in [1.165, 1.54) is 12.1 Å². The van der Waals surface area contributed by atoms with E-state index in [4.69, 9.17) is 0 Å². The van der Waals surface area contributed by atoms with Crippen LogP contribution in [0.1, 0.15) is 20.8 Å². The van der Waals surface area contributed by atoms with Crippen LogP contribution in [0.2, 0.25) is 0 Å². The van der Waals surface area contributed by atoms with Crippen molar-refractivity contribution in [3.05, 3.63) is 30.3 Å². The molecule has 0 aromatic heterocycles. The number of sulfonamides is 1. The quantitative estimate of drug-likeness (QED) is 0.856. The van der Waals surface area contributed by atoms with E-state index in [1.807, 2.05) is 20.8 Å². The number of aliphatic hydroxyl groups is 1. The highest BCUT2D eigenvalue weighted by atomic mass is 32.2. The Kier molecular flexibility index (Phi) is 4.30. The lowest BCUT2D eigenvalue weighted by molar-refractivity contribution is 0.177. The minimum atomic E-state index is -3.56. The van der Waals surface area contributed by atoms with Gasteiger partial charge in [0.2, 0.25) is 10.0 Å². The second kappa shape index (κ2) is 5.16. The molecule has 2 N–H and O–H groups in total. The van der Waals surface area contributed by atoms with Crippen molar-refractivity contribution in [1.82, 2.24) is 4.72 Å². The summed E-state index contributed by atoms with van der Waals surface area (Å²) in [6, 6.07) is 7.64. The van der Waals surface area contributed by atoms with E-state index in [9.17, 15) is 13.5 Å². The number of hydrogen-bond acceptors (Lipinski definition) is 3. The first kappa shape index (κ1) is 14.2. The Hall–Kier alpha value is -0.910. The fourth-order valence-corrected chi connectivity index (χ4v) is 2.80. The van der Waals surface area contributed by atoms with E-state index < -0.39 is 16.1 Å². The summed E-state index contributed by atoms with van der Waals surface area (Å²) >= 11 is 0. The second-order valence-electron chi connectivity index (χ2n) is 5.04. The standard InChI is InChI=1S/C12H19NO3S/c1-12(2,3)11(9-14)13-17(15,16)10-7-5-4-6-8-10/h4-8,11,13-14H,9H2,1-3H3/t11-/m1/s1. The number of hydrogen-bond donors (Lipinski definition) is 2. The highest BCUT2D eigenvalue weighted by Crippen LogP contribution is 2.21. The Bertz CT molecular complexity index is 448. The molecule has 0 saturated heterocycles. The Labute approximate surface area is 103 Å². The Morgan fingerprint density at radius 1 is 1.24 bits per heavy atom. The van der Waals surface area contributed by atoms with Crippen molar-refractivity contribution in [2.75, 3.05) is 6.61 Å². The average molecular weight is 257 g/mol. The molecule has 1 rings (SSSR count). The molecular weight excluding hydrogens is 238 g/mol. The SMILES string of the molecule is CC(C)(C)[C@@H](CO)NS(=O)(=O)c1ccccc1. The van der Waals surface area contributed by atoms with E-state index in [2.05, 4.69) is 4.72 Å². The normalized spacial score (nSPS) is 14.6. The molecule has 5 heteroatoms. The van der Waals surface area contributed by atoms with Crippen LogP contribution >= 0.6 is 0 Å². The maximum Gasteiger partial charge on any atom is 0.240 e. The predicted molar refractivity (Wildman–Crippen MR) is 67.1 cm³/mol. The van der Waals surface area contributed by atoms with Crippen LogP contribution in [0.4, 0.5) is 0 Å². The number of nitrogens with one attached hydrogen (secondary N) is 1. The van der Waals surface area contributed by atoms with E-state index >= 15 is 0 Å². The fourth-order valence-electron chi connectivity index (χ4n) is 1.34. The zero-order valence-corrected chi connectivity index (χ0v) is 11.2. The molecule has 96 valence electrons. The van der Waals surface area contributed by atoms with Gasteiger partial charge in [-0.2, -0.15) is 0 Å². The van der Waals surface area contributed by atoms with Gasteiger partial charge in [-0.15, -0.1) is 0 Å². The first-order valence-corrected chi connectivity index (χ1v) is 6.94. The van der Waals surface area contributed by atoms with E-state index in [1.54, 1.807) is 18.2 Å². The molecule has 0 amide bonds. The van der Waals surface area contributed by atoms with Gasteiger partial charge in [0.05, 0.1) is 11.5 Å².